The van der Waals surface area contributed by atoms with Gasteiger partial charge in [-0.2, -0.15) is 0 Å². The minimum atomic E-state index is -0.432. The van der Waals surface area contributed by atoms with E-state index in [1.165, 1.54) is 0 Å². The number of ketones is 1. The first-order valence-corrected chi connectivity index (χ1v) is 9.36. The Balaban J connectivity index is 2.08. The number of amides is 1. The standard InChI is InChI=1S/C19H29N3O5/c1-6-27-19(25)16-12(2)17(20-13(16)3)18(24)14(4)21(5)11-15(23)22-7-9-26-10-8-22/h14,20H,6-11H2,1-5H3/p+1/t14-/m1/s1. The van der Waals surface area contributed by atoms with Crippen LogP contribution in [0.25, 0.3) is 0 Å². The summed E-state index contributed by atoms with van der Waals surface area (Å²) in [6.07, 6.45) is 0. The molecule has 1 aromatic heterocycles. The lowest BCUT2D eigenvalue weighted by atomic mass is 10.0. The van der Waals surface area contributed by atoms with Crippen molar-refractivity contribution >= 4 is 17.7 Å². The number of morpholine rings is 1. The molecule has 0 bridgehead atoms. The summed E-state index contributed by atoms with van der Waals surface area (Å²) in [5.74, 6) is -0.542. The highest BCUT2D eigenvalue weighted by Gasteiger charge is 2.31. The van der Waals surface area contributed by atoms with Crippen LogP contribution in [0.1, 0.15) is 46.0 Å². The number of carbonyl (C=O) groups excluding carboxylic acids is 3. The zero-order valence-corrected chi connectivity index (χ0v) is 16.8. The number of ether oxygens (including phenoxy) is 2. The summed E-state index contributed by atoms with van der Waals surface area (Å²) < 4.78 is 10.3. The first-order chi connectivity index (χ1) is 12.8. The highest BCUT2D eigenvalue weighted by Crippen LogP contribution is 2.20. The predicted octanol–water partition coefficient (Wildman–Crippen LogP) is -0.247. The number of nitrogens with zero attached hydrogens (tertiary/aromatic N) is 1. The number of H-pyrrole nitrogens is 1. The summed E-state index contributed by atoms with van der Waals surface area (Å²) >= 11 is 0. The fraction of sp³-hybridized carbons (Fsp3) is 0.632. The van der Waals surface area contributed by atoms with Crippen LogP contribution in [0.15, 0.2) is 0 Å². The Morgan fingerprint density at radius 3 is 2.48 bits per heavy atom. The number of esters is 1. The molecule has 0 aliphatic carbocycles. The Bertz CT molecular complexity index is 706. The smallest absolute Gasteiger partial charge is 0.340 e. The molecule has 1 unspecified atom stereocenters. The maximum atomic E-state index is 13.0. The number of likely N-dealkylation sites (N-methyl/N-ethyl adjacent to an activating group) is 1. The average molecular weight is 380 g/mol. The van der Waals surface area contributed by atoms with Crippen LogP contribution >= 0.6 is 0 Å². The van der Waals surface area contributed by atoms with Gasteiger partial charge >= 0.3 is 5.97 Å². The van der Waals surface area contributed by atoms with E-state index in [1.54, 1.807) is 32.6 Å². The molecular formula is C19H30N3O5+. The minimum absolute atomic E-state index is 0.0158. The topological polar surface area (TPSA) is 93.1 Å². The molecule has 2 heterocycles. The molecule has 2 atom stereocenters. The molecule has 150 valence electrons. The second-order valence-corrected chi connectivity index (χ2v) is 6.95. The fourth-order valence-electron chi connectivity index (χ4n) is 3.26. The lowest BCUT2D eigenvalue weighted by Crippen LogP contribution is -3.14. The zero-order chi connectivity index (χ0) is 20.1. The molecule has 27 heavy (non-hydrogen) atoms. The number of Topliss-reactive ketones (excluding diaryl/α,β-unsaturated/α-hetero) is 1. The summed E-state index contributed by atoms with van der Waals surface area (Å²) in [4.78, 5) is 43.1. The molecule has 0 saturated carbocycles. The minimum Gasteiger partial charge on any atom is -0.462 e. The highest BCUT2D eigenvalue weighted by molar-refractivity contribution is 6.03. The SMILES string of the molecule is CCOC(=O)c1c(C)[nH]c(C(=O)[C@@H](C)[NH+](C)CC(=O)N2CCOCC2)c1C. The summed E-state index contributed by atoms with van der Waals surface area (Å²) in [6, 6.07) is -0.429. The molecule has 0 radical (unpaired) electrons. The second-order valence-electron chi connectivity index (χ2n) is 6.95. The van der Waals surface area contributed by atoms with Crippen LogP contribution in [-0.2, 0) is 14.3 Å². The normalized spacial score (nSPS) is 16.7. The Kier molecular flexibility index (Phi) is 7.15. The maximum Gasteiger partial charge on any atom is 0.340 e. The van der Waals surface area contributed by atoms with E-state index >= 15 is 0 Å². The predicted molar refractivity (Wildman–Crippen MR) is 99.2 cm³/mol. The highest BCUT2D eigenvalue weighted by atomic mass is 16.5. The molecule has 8 heteroatoms. The van der Waals surface area contributed by atoms with Gasteiger partial charge in [0, 0.05) is 18.8 Å². The van der Waals surface area contributed by atoms with Gasteiger partial charge in [0.25, 0.3) is 5.91 Å². The molecule has 0 aromatic carbocycles. The quantitative estimate of drug-likeness (QED) is 0.503. The van der Waals surface area contributed by atoms with Gasteiger partial charge in [-0.1, -0.05) is 0 Å². The van der Waals surface area contributed by atoms with Gasteiger partial charge in [-0.15, -0.1) is 0 Å². The number of carbonyl (C=O) groups is 3. The van der Waals surface area contributed by atoms with E-state index in [-0.39, 0.29) is 24.8 Å². The van der Waals surface area contributed by atoms with Gasteiger partial charge in [0.1, 0.15) is 0 Å². The van der Waals surface area contributed by atoms with Crippen molar-refractivity contribution in [3.63, 3.8) is 0 Å². The molecule has 1 amide bonds. The van der Waals surface area contributed by atoms with E-state index in [0.29, 0.717) is 48.8 Å². The van der Waals surface area contributed by atoms with Gasteiger partial charge in [-0.25, -0.2) is 4.79 Å². The van der Waals surface area contributed by atoms with E-state index in [1.807, 2.05) is 7.05 Å². The third kappa shape index (κ3) is 4.75. The number of hydrogen-bond donors (Lipinski definition) is 2. The van der Waals surface area contributed by atoms with Crippen molar-refractivity contribution in [1.82, 2.24) is 9.88 Å². The number of aromatic amines is 1. The van der Waals surface area contributed by atoms with Gasteiger partial charge in [0.05, 0.1) is 38.1 Å². The van der Waals surface area contributed by atoms with Crippen LogP contribution < -0.4 is 4.90 Å². The number of rotatable bonds is 7. The number of nitrogens with one attached hydrogen (secondary N) is 2. The van der Waals surface area contributed by atoms with Gasteiger partial charge in [0.2, 0.25) is 5.78 Å². The summed E-state index contributed by atoms with van der Waals surface area (Å²) in [6.45, 7) is 9.82. The van der Waals surface area contributed by atoms with Crippen molar-refractivity contribution in [2.45, 2.75) is 33.7 Å². The number of aromatic nitrogens is 1. The molecule has 1 aromatic rings. The summed E-state index contributed by atoms with van der Waals surface area (Å²) in [5, 5.41) is 0. The molecule has 2 N–H and O–H groups in total. The molecule has 8 nitrogen and oxygen atoms in total. The first kappa shape index (κ1) is 21.1. The van der Waals surface area contributed by atoms with Gasteiger partial charge in [0.15, 0.2) is 12.6 Å². The first-order valence-electron chi connectivity index (χ1n) is 9.36. The van der Waals surface area contributed by atoms with Crippen molar-refractivity contribution in [2.24, 2.45) is 0 Å². The van der Waals surface area contributed by atoms with E-state index < -0.39 is 12.0 Å². The van der Waals surface area contributed by atoms with E-state index in [4.69, 9.17) is 9.47 Å². The van der Waals surface area contributed by atoms with Crippen LogP contribution in [0.5, 0.6) is 0 Å². The molecule has 1 saturated heterocycles. The monoisotopic (exact) mass is 380 g/mol. The van der Waals surface area contributed by atoms with Crippen molar-refractivity contribution in [3.05, 3.63) is 22.5 Å². The Morgan fingerprint density at radius 2 is 1.89 bits per heavy atom. The zero-order valence-electron chi connectivity index (χ0n) is 16.8. The largest absolute Gasteiger partial charge is 0.462 e. The molecule has 1 aliphatic rings. The van der Waals surface area contributed by atoms with Crippen molar-refractivity contribution in [2.75, 3.05) is 46.5 Å². The third-order valence-electron chi connectivity index (χ3n) is 5.09. The van der Waals surface area contributed by atoms with Crippen molar-refractivity contribution < 1.29 is 28.8 Å². The van der Waals surface area contributed by atoms with Crippen LogP contribution in [0, 0.1) is 13.8 Å². The van der Waals surface area contributed by atoms with E-state index in [2.05, 4.69) is 4.98 Å². The maximum absolute atomic E-state index is 13.0. The number of aryl methyl sites for hydroxylation is 1. The Hall–Kier alpha value is -2.19. The third-order valence-corrected chi connectivity index (χ3v) is 5.09. The fourth-order valence-corrected chi connectivity index (χ4v) is 3.26. The van der Waals surface area contributed by atoms with Gasteiger partial charge < -0.3 is 24.3 Å². The van der Waals surface area contributed by atoms with E-state index in [9.17, 15) is 14.4 Å². The van der Waals surface area contributed by atoms with Crippen LogP contribution in [0.4, 0.5) is 0 Å². The Labute approximate surface area is 159 Å². The van der Waals surface area contributed by atoms with Crippen molar-refractivity contribution in [1.29, 1.82) is 0 Å². The molecule has 0 spiro atoms. The average Bonchev–Trinajstić information content (AvgIpc) is 2.95. The summed E-state index contributed by atoms with van der Waals surface area (Å²) in [7, 11) is 1.83. The molecule has 2 rings (SSSR count). The van der Waals surface area contributed by atoms with E-state index in [0.717, 1.165) is 4.90 Å². The lowest BCUT2D eigenvalue weighted by molar-refractivity contribution is -0.885. The van der Waals surface area contributed by atoms with Crippen LogP contribution in [0.3, 0.4) is 0 Å². The van der Waals surface area contributed by atoms with Gasteiger partial charge in [-0.05, 0) is 33.3 Å². The number of quaternary nitrogens is 1. The second kappa shape index (κ2) is 9.14. The molecule has 1 fully saturated rings. The molecular weight excluding hydrogens is 350 g/mol. The summed E-state index contributed by atoms with van der Waals surface area (Å²) in [5.41, 5.74) is 2.02. The van der Waals surface area contributed by atoms with Gasteiger partial charge in [-0.3, -0.25) is 9.59 Å². The van der Waals surface area contributed by atoms with Crippen molar-refractivity contribution in [3.8, 4) is 0 Å². The lowest BCUT2D eigenvalue weighted by Gasteiger charge is -2.28. The van der Waals surface area contributed by atoms with Crippen LogP contribution in [-0.4, -0.2) is 80.1 Å². The van der Waals surface area contributed by atoms with Crippen LogP contribution in [0.2, 0.25) is 0 Å². The Morgan fingerprint density at radius 1 is 1.26 bits per heavy atom. The molecule has 1 aliphatic heterocycles. The number of hydrogen-bond acceptors (Lipinski definition) is 5.